The molecule has 0 fully saturated rings. The molecule has 3 aromatic rings. The van der Waals surface area contributed by atoms with E-state index in [1.807, 2.05) is 12.3 Å². The van der Waals surface area contributed by atoms with Gasteiger partial charge in [-0.05, 0) is 63.3 Å². The van der Waals surface area contributed by atoms with Gasteiger partial charge >= 0.3 is 0 Å². The molecule has 0 amide bonds. The third-order valence-electron chi connectivity index (χ3n) is 3.03. The normalized spacial score (nSPS) is 10.8. The summed E-state index contributed by atoms with van der Waals surface area (Å²) in [5.74, 6) is -0.244. The monoisotopic (exact) mass is 318 g/mol. The Bertz CT molecular complexity index is 721. The number of aromatic amines is 1. The second kappa shape index (κ2) is 5.05. The number of rotatable bonds is 3. The number of benzene rings is 2. The van der Waals surface area contributed by atoms with Gasteiger partial charge in [-0.25, -0.2) is 4.39 Å². The predicted octanol–water partition coefficient (Wildman–Crippen LogP) is 4.68. The molecule has 4 heteroatoms. The number of hydrogen-bond donors (Lipinski definition) is 2. The first-order valence-corrected chi connectivity index (χ1v) is 6.76. The van der Waals surface area contributed by atoms with Gasteiger partial charge in [0.25, 0.3) is 0 Å². The summed E-state index contributed by atoms with van der Waals surface area (Å²) in [7, 11) is 0. The number of anilines is 1. The fourth-order valence-corrected chi connectivity index (χ4v) is 2.53. The van der Waals surface area contributed by atoms with E-state index in [9.17, 15) is 4.39 Å². The van der Waals surface area contributed by atoms with Crippen LogP contribution in [0.25, 0.3) is 10.9 Å². The van der Waals surface area contributed by atoms with Crippen LogP contribution in [0.3, 0.4) is 0 Å². The third-order valence-corrected chi connectivity index (χ3v) is 3.69. The number of nitrogens with one attached hydrogen (secondary N) is 2. The van der Waals surface area contributed by atoms with Gasteiger partial charge < -0.3 is 10.3 Å². The van der Waals surface area contributed by atoms with E-state index in [1.165, 1.54) is 23.1 Å². The summed E-state index contributed by atoms with van der Waals surface area (Å²) in [5.41, 5.74) is 3.20. The molecule has 0 aliphatic carbocycles. The molecule has 3 rings (SSSR count). The summed E-state index contributed by atoms with van der Waals surface area (Å²) >= 11 is 3.35. The molecular formula is C15H12BrFN2. The molecule has 0 bridgehead atoms. The topological polar surface area (TPSA) is 27.8 Å². The molecule has 1 aromatic heterocycles. The van der Waals surface area contributed by atoms with Gasteiger partial charge in [-0.15, -0.1) is 0 Å². The zero-order valence-electron chi connectivity index (χ0n) is 10.1. The van der Waals surface area contributed by atoms with E-state index < -0.39 is 0 Å². The minimum absolute atomic E-state index is 0.244. The summed E-state index contributed by atoms with van der Waals surface area (Å²) in [6.45, 7) is 0.700. The average molecular weight is 319 g/mol. The van der Waals surface area contributed by atoms with Crippen LogP contribution in [-0.2, 0) is 6.54 Å². The van der Waals surface area contributed by atoms with Crippen molar-refractivity contribution < 1.29 is 4.39 Å². The van der Waals surface area contributed by atoms with Crippen LogP contribution in [0.2, 0.25) is 0 Å². The first kappa shape index (κ1) is 12.2. The number of halogens is 2. The fraction of sp³-hybridized carbons (Fsp3) is 0.0667. The van der Waals surface area contributed by atoms with Crippen molar-refractivity contribution in [1.82, 2.24) is 4.98 Å². The van der Waals surface area contributed by atoms with Crippen molar-refractivity contribution in [3.05, 3.63) is 64.5 Å². The van der Waals surface area contributed by atoms with Crippen LogP contribution in [0.15, 0.2) is 53.1 Å². The highest BCUT2D eigenvalue weighted by Gasteiger charge is 2.02. The van der Waals surface area contributed by atoms with Gasteiger partial charge in [-0.1, -0.05) is 6.07 Å². The van der Waals surface area contributed by atoms with E-state index in [0.29, 0.717) is 6.54 Å². The molecule has 0 spiro atoms. The van der Waals surface area contributed by atoms with Crippen molar-refractivity contribution in [2.45, 2.75) is 6.54 Å². The summed E-state index contributed by atoms with van der Waals surface area (Å²) in [6, 6.07) is 13.0. The van der Waals surface area contributed by atoms with Gasteiger partial charge in [0, 0.05) is 28.4 Å². The Morgan fingerprint density at radius 1 is 1.11 bits per heavy atom. The molecule has 2 nitrogen and oxygen atoms in total. The lowest BCUT2D eigenvalue weighted by Gasteiger charge is -2.09. The van der Waals surface area contributed by atoms with E-state index in [1.54, 1.807) is 6.07 Å². The standard InChI is InChI=1S/C15H12BrFN2/c16-13-8-12(17)2-4-15(13)19-9-10-1-3-14-11(7-10)5-6-18-14/h1-8,18-19H,9H2. The van der Waals surface area contributed by atoms with Crippen LogP contribution in [0.1, 0.15) is 5.56 Å². The highest BCUT2D eigenvalue weighted by atomic mass is 79.9. The first-order chi connectivity index (χ1) is 9.22. The highest BCUT2D eigenvalue weighted by Crippen LogP contribution is 2.24. The zero-order valence-corrected chi connectivity index (χ0v) is 11.7. The maximum atomic E-state index is 13.0. The molecule has 1 heterocycles. The largest absolute Gasteiger partial charge is 0.380 e. The van der Waals surface area contributed by atoms with Crippen LogP contribution in [0.5, 0.6) is 0 Å². The van der Waals surface area contributed by atoms with Gasteiger partial charge in [0.15, 0.2) is 0 Å². The Balaban J connectivity index is 1.77. The van der Waals surface area contributed by atoms with E-state index in [2.05, 4.69) is 44.4 Å². The molecule has 0 radical (unpaired) electrons. The van der Waals surface area contributed by atoms with Crippen molar-refractivity contribution in [2.75, 3.05) is 5.32 Å². The zero-order chi connectivity index (χ0) is 13.2. The van der Waals surface area contributed by atoms with E-state index >= 15 is 0 Å². The van der Waals surface area contributed by atoms with Crippen molar-refractivity contribution in [3.8, 4) is 0 Å². The molecule has 0 saturated heterocycles. The summed E-state index contributed by atoms with van der Waals surface area (Å²) in [4.78, 5) is 3.17. The Hall–Kier alpha value is -1.81. The Morgan fingerprint density at radius 3 is 2.84 bits per heavy atom. The summed E-state index contributed by atoms with van der Waals surface area (Å²) in [6.07, 6.45) is 1.93. The Morgan fingerprint density at radius 2 is 2.00 bits per heavy atom. The predicted molar refractivity (Wildman–Crippen MR) is 79.7 cm³/mol. The van der Waals surface area contributed by atoms with Crippen molar-refractivity contribution >= 4 is 32.5 Å². The second-order valence-corrected chi connectivity index (χ2v) is 5.23. The summed E-state index contributed by atoms with van der Waals surface area (Å²) < 4.78 is 13.7. The van der Waals surface area contributed by atoms with Gasteiger partial charge in [-0.3, -0.25) is 0 Å². The molecule has 0 unspecified atom stereocenters. The Kier molecular flexibility index (Phi) is 3.25. The molecule has 0 saturated carbocycles. The van der Waals surface area contributed by atoms with Crippen molar-refractivity contribution in [2.24, 2.45) is 0 Å². The van der Waals surface area contributed by atoms with Crippen LogP contribution in [0, 0.1) is 5.82 Å². The number of hydrogen-bond acceptors (Lipinski definition) is 1. The maximum Gasteiger partial charge on any atom is 0.124 e. The Labute approximate surface area is 118 Å². The average Bonchev–Trinajstić information content (AvgIpc) is 2.85. The molecule has 2 aromatic carbocycles. The van der Waals surface area contributed by atoms with Crippen LogP contribution >= 0.6 is 15.9 Å². The van der Waals surface area contributed by atoms with Crippen molar-refractivity contribution in [1.29, 1.82) is 0 Å². The van der Waals surface area contributed by atoms with Gasteiger partial charge in [0.2, 0.25) is 0 Å². The quantitative estimate of drug-likeness (QED) is 0.721. The fourth-order valence-electron chi connectivity index (χ4n) is 2.04. The minimum Gasteiger partial charge on any atom is -0.380 e. The van der Waals surface area contributed by atoms with Gasteiger partial charge in [-0.2, -0.15) is 0 Å². The first-order valence-electron chi connectivity index (χ1n) is 5.97. The van der Waals surface area contributed by atoms with Crippen molar-refractivity contribution in [3.63, 3.8) is 0 Å². The minimum atomic E-state index is -0.244. The number of fused-ring (bicyclic) bond motifs is 1. The number of aromatic nitrogens is 1. The molecular weight excluding hydrogens is 307 g/mol. The molecule has 0 aliphatic heterocycles. The molecule has 96 valence electrons. The lowest BCUT2D eigenvalue weighted by molar-refractivity contribution is 0.627. The van der Waals surface area contributed by atoms with E-state index in [4.69, 9.17) is 0 Å². The molecule has 0 atom stereocenters. The highest BCUT2D eigenvalue weighted by molar-refractivity contribution is 9.10. The van der Waals surface area contributed by atoms with Crippen LogP contribution in [0.4, 0.5) is 10.1 Å². The molecule has 0 aliphatic rings. The smallest absolute Gasteiger partial charge is 0.124 e. The number of H-pyrrole nitrogens is 1. The maximum absolute atomic E-state index is 13.0. The second-order valence-electron chi connectivity index (χ2n) is 4.38. The van der Waals surface area contributed by atoms with E-state index in [-0.39, 0.29) is 5.82 Å². The lowest BCUT2D eigenvalue weighted by atomic mass is 10.1. The molecule has 2 N–H and O–H groups in total. The summed E-state index contributed by atoms with van der Waals surface area (Å²) in [5, 5.41) is 4.48. The van der Waals surface area contributed by atoms with Gasteiger partial charge in [0.05, 0.1) is 0 Å². The van der Waals surface area contributed by atoms with E-state index in [0.717, 1.165) is 15.7 Å². The van der Waals surface area contributed by atoms with Crippen LogP contribution in [-0.4, -0.2) is 4.98 Å². The third kappa shape index (κ3) is 2.63. The van der Waals surface area contributed by atoms with Gasteiger partial charge in [0.1, 0.15) is 5.82 Å². The lowest BCUT2D eigenvalue weighted by Crippen LogP contribution is -2.00. The van der Waals surface area contributed by atoms with Crippen LogP contribution < -0.4 is 5.32 Å². The SMILES string of the molecule is Fc1ccc(NCc2ccc3[nH]ccc3c2)c(Br)c1. The molecule has 19 heavy (non-hydrogen) atoms.